The lowest BCUT2D eigenvalue weighted by Gasteiger charge is -2.09. The van der Waals surface area contributed by atoms with E-state index in [9.17, 15) is 26.7 Å². The zero-order valence-electron chi connectivity index (χ0n) is 19.7. The first-order valence-electron chi connectivity index (χ1n) is 10.7. The number of ether oxygens (including phenoxy) is 3. The van der Waals surface area contributed by atoms with Crippen molar-refractivity contribution in [1.29, 1.82) is 0 Å². The maximum absolute atomic E-state index is 13.8. The van der Waals surface area contributed by atoms with Gasteiger partial charge in [0.1, 0.15) is 11.3 Å². The van der Waals surface area contributed by atoms with Crippen molar-refractivity contribution in [3.05, 3.63) is 71.0 Å². The van der Waals surface area contributed by atoms with Gasteiger partial charge in [0, 0.05) is 17.4 Å². The SMILES string of the molecule is COc1ccc(-c2oc3ccc(CCC(=O)Oc4c(F)c(F)c(F)c(F)c4F)cc3c2SC)cc1OC. The first-order chi connectivity index (χ1) is 17.7. The fourth-order valence-electron chi connectivity index (χ4n) is 3.73. The normalized spacial score (nSPS) is 11.1. The molecule has 0 saturated heterocycles. The third-order valence-corrected chi connectivity index (χ3v) is 6.37. The van der Waals surface area contributed by atoms with Crippen LogP contribution in [0.2, 0.25) is 0 Å². The van der Waals surface area contributed by atoms with E-state index in [2.05, 4.69) is 4.74 Å². The number of halogens is 5. The summed E-state index contributed by atoms with van der Waals surface area (Å²) < 4.78 is 88.7. The molecule has 1 heterocycles. The number of carbonyl (C=O) groups excluding carboxylic acids is 1. The molecule has 0 aliphatic rings. The van der Waals surface area contributed by atoms with E-state index in [0.29, 0.717) is 28.4 Å². The zero-order valence-corrected chi connectivity index (χ0v) is 20.5. The van der Waals surface area contributed by atoms with Crippen LogP contribution in [0, 0.1) is 29.1 Å². The Kier molecular flexibility index (Phi) is 7.63. The van der Waals surface area contributed by atoms with Gasteiger partial charge in [-0.25, -0.2) is 13.2 Å². The van der Waals surface area contributed by atoms with E-state index in [1.54, 1.807) is 30.3 Å². The Morgan fingerprint density at radius 3 is 2.14 bits per heavy atom. The van der Waals surface area contributed by atoms with E-state index in [4.69, 9.17) is 13.9 Å². The van der Waals surface area contributed by atoms with Crippen molar-refractivity contribution in [2.45, 2.75) is 17.7 Å². The Labute approximate surface area is 212 Å². The van der Waals surface area contributed by atoms with Gasteiger partial charge >= 0.3 is 5.97 Å². The molecular weight excluding hydrogens is 519 g/mol. The second-order valence-electron chi connectivity index (χ2n) is 7.74. The molecular formula is C26H19F5O5S. The van der Waals surface area contributed by atoms with Crippen LogP contribution in [0.4, 0.5) is 22.0 Å². The zero-order chi connectivity index (χ0) is 26.9. The minimum absolute atomic E-state index is 0.0782. The third kappa shape index (κ3) is 4.95. The number of hydrogen-bond acceptors (Lipinski definition) is 6. The Bertz CT molecular complexity index is 1470. The van der Waals surface area contributed by atoms with E-state index in [1.165, 1.54) is 26.0 Å². The average Bonchev–Trinajstić information content (AvgIpc) is 3.29. The fraction of sp³-hybridized carbons (Fsp3) is 0.192. The van der Waals surface area contributed by atoms with Crippen LogP contribution in [0.3, 0.4) is 0 Å². The molecule has 0 amide bonds. The number of esters is 1. The molecule has 11 heteroatoms. The van der Waals surface area contributed by atoms with E-state index in [0.717, 1.165) is 15.8 Å². The van der Waals surface area contributed by atoms with Gasteiger partial charge in [-0.15, -0.1) is 11.8 Å². The number of hydrogen-bond donors (Lipinski definition) is 0. The standard InChI is InChI=1S/C26H19F5O5S/c1-33-16-8-6-13(11-17(16)34-2)24-26(37-3)14-10-12(4-7-15(14)35-24)5-9-18(32)36-25-22(30)20(28)19(27)21(29)23(25)31/h4,6-8,10-11H,5,9H2,1-3H3. The molecule has 0 aliphatic heterocycles. The van der Waals surface area contributed by atoms with Crippen molar-refractivity contribution >= 4 is 28.7 Å². The Hall–Kier alpha value is -3.73. The summed E-state index contributed by atoms with van der Waals surface area (Å²) in [7, 11) is 3.06. The number of benzene rings is 3. The molecule has 0 aliphatic carbocycles. The van der Waals surface area contributed by atoms with Crippen LogP contribution in [0.1, 0.15) is 12.0 Å². The minimum atomic E-state index is -2.33. The first-order valence-corrected chi connectivity index (χ1v) is 12.0. The van der Waals surface area contributed by atoms with Gasteiger partial charge in [-0.05, 0) is 48.6 Å². The van der Waals surface area contributed by atoms with Crippen molar-refractivity contribution in [1.82, 2.24) is 0 Å². The summed E-state index contributed by atoms with van der Waals surface area (Å²) in [6, 6.07) is 10.6. The van der Waals surface area contributed by atoms with Gasteiger partial charge in [-0.3, -0.25) is 4.79 Å². The molecule has 4 rings (SSSR count). The second-order valence-corrected chi connectivity index (χ2v) is 8.55. The number of fused-ring (bicyclic) bond motifs is 1. The lowest BCUT2D eigenvalue weighted by molar-refractivity contribution is -0.134. The lowest BCUT2D eigenvalue weighted by atomic mass is 10.1. The molecule has 0 spiro atoms. The maximum Gasteiger partial charge on any atom is 0.311 e. The van der Waals surface area contributed by atoms with E-state index < -0.39 is 40.8 Å². The molecule has 0 N–H and O–H groups in total. The topological polar surface area (TPSA) is 57.9 Å². The smallest absolute Gasteiger partial charge is 0.311 e. The molecule has 0 unspecified atom stereocenters. The molecule has 5 nitrogen and oxygen atoms in total. The van der Waals surface area contributed by atoms with E-state index >= 15 is 0 Å². The number of thioether (sulfide) groups is 1. The number of furan rings is 1. The maximum atomic E-state index is 13.8. The van der Waals surface area contributed by atoms with Crippen LogP contribution in [0.15, 0.2) is 45.7 Å². The highest BCUT2D eigenvalue weighted by molar-refractivity contribution is 7.99. The molecule has 0 bridgehead atoms. The summed E-state index contributed by atoms with van der Waals surface area (Å²) in [5.74, 6) is -12.2. The molecule has 0 saturated carbocycles. The average molecular weight is 538 g/mol. The van der Waals surface area contributed by atoms with E-state index in [-0.39, 0.29) is 12.8 Å². The molecule has 3 aromatic carbocycles. The summed E-state index contributed by atoms with van der Waals surface area (Å²) in [4.78, 5) is 13.0. The number of methoxy groups -OCH3 is 2. The Morgan fingerprint density at radius 1 is 0.865 bits per heavy atom. The van der Waals surface area contributed by atoms with Gasteiger partial charge in [0.05, 0.1) is 19.1 Å². The summed E-state index contributed by atoms with van der Waals surface area (Å²) in [6.07, 6.45) is 1.58. The predicted molar refractivity (Wildman–Crippen MR) is 127 cm³/mol. The number of rotatable bonds is 8. The van der Waals surface area contributed by atoms with Crippen LogP contribution < -0.4 is 14.2 Å². The van der Waals surface area contributed by atoms with Crippen LogP contribution in [-0.4, -0.2) is 26.4 Å². The second kappa shape index (κ2) is 10.7. The van der Waals surface area contributed by atoms with Crippen LogP contribution >= 0.6 is 11.8 Å². The molecule has 0 radical (unpaired) electrons. The van der Waals surface area contributed by atoms with Crippen LogP contribution in [0.25, 0.3) is 22.3 Å². The Morgan fingerprint density at radius 2 is 1.51 bits per heavy atom. The lowest BCUT2D eigenvalue weighted by Crippen LogP contribution is -2.14. The van der Waals surface area contributed by atoms with Gasteiger partial charge in [-0.2, -0.15) is 8.78 Å². The largest absolute Gasteiger partial charge is 0.493 e. The first kappa shape index (κ1) is 26.3. The third-order valence-electron chi connectivity index (χ3n) is 5.56. The van der Waals surface area contributed by atoms with Crippen LogP contribution in [-0.2, 0) is 11.2 Å². The monoisotopic (exact) mass is 538 g/mol. The van der Waals surface area contributed by atoms with Crippen molar-refractivity contribution < 1.29 is 45.4 Å². The highest BCUT2D eigenvalue weighted by Gasteiger charge is 2.28. The summed E-state index contributed by atoms with van der Waals surface area (Å²) in [6.45, 7) is 0. The van der Waals surface area contributed by atoms with Gasteiger partial charge in [0.2, 0.25) is 34.8 Å². The highest BCUT2D eigenvalue weighted by atomic mass is 32.2. The quantitative estimate of drug-likeness (QED) is 0.0597. The minimum Gasteiger partial charge on any atom is -0.493 e. The number of aryl methyl sites for hydroxylation is 1. The molecule has 4 aromatic rings. The molecule has 1 aromatic heterocycles. The summed E-state index contributed by atoms with van der Waals surface area (Å²) in [5.41, 5.74) is 2.00. The Balaban J connectivity index is 1.57. The van der Waals surface area contributed by atoms with Gasteiger partial charge < -0.3 is 18.6 Å². The van der Waals surface area contributed by atoms with Crippen molar-refractivity contribution in [2.75, 3.05) is 20.5 Å². The van der Waals surface area contributed by atoms with E-state index in [1.807, 2.05) is 12.3 Å². The molecule has 0 fully saturated rings. The van der Waals surface area contributed by atoms with Gasteiger partial charge in [0.15, 0.2) is 11.5 Å². The summed E-state index contributed by atoms with van der Waals surface area (Å²) in [5, 5.41) is 0.767. The van der Waals surface area contributed by atoms with Crippen molar-refractivity contribution in [2.24, 2.45) is 0 Å². The summed E-state index contributed by atoms with van der Waals surface area (Å²) >= 11 is 1.45. The fourth-order valence-corrected chi connectivity index (χ4v) is 4.46. The van der Waals surface area contributed by atoms with Gasteiger partial charge in [-0.1, -0.05) is 6.07 Å². The predicted octanol–water partition coefficient (Wildman–Crippen LogP) is 7.07. The number of carbonyl (C=O) groups is 1. The van der Waals surface area contributed by atoms with Gasteiger partial charge in [0.25, 0.3) is 0 Å². The molecule has 194 valence electrons. The highest BCUT2D eigenvalue weighted by Crippen LogP contribution is 2.42. The molecule has 0 atom stereocenters. The van der Waals surface area contributed by atoms with Crippen molar-refractivity contribution in [3.63, 3.8) is 0 Å². The van der Waals surface area contributed by atoms with Crippen molar-refractivity contribution in [3.8, 4) is 28.6 Å². The molecule has 37 heavy (non-hydrogen) atoms. The van der Waals surface area contributed by atoms with Crippen LogP contribution in [0.5, 0.6) is 17.2 Å².